The maximum Gasteiger partial charge on any atom is 0.118 e. The molecule has 0 saturated carbocycles. The molecule has 2 aromatic rings. The van der Waals surface area contributed by atoms with Gasteiger partial charge in [-0.15, -0.1) is 11.3 Å². The fourth-order valence-electron chi connectivity index (χ4n) is 2.38. The Bertz CT molecular complexity index is 795. The molecule has 0 amide bonds. The molecular weight excluding hydrogens is 310 g/mol. The van der Waals surface area contributed by atoms with E-state index in [2.05, 4.69) is 23.2 Å². The second kappa shape index (κ2) is 5.64. The number of hydrogen-bond acceptors (Lipinski definition) is 5. The highest BCUT2D eigenvalue weighted by Crippen LogP contribution is 2.45. The van der Waals surface area contributed by atoms with E-state index >= 15 is 0 Å². The molecule has 0 spiro atoms. The van der Waals surface area contributed by atoms with Crippen molar-refractivity contribution < 1.29 is 0 Å². The first-order valence-corrected chi connectivity index (χ1v) is 8.53. The molecule has 2 N–H and O–H groups in total. The maximum absolute atomic E-state index is 9.67. The van der Waals surface area contributed by atoms with Crippen LogP contribution >= 0.6 is 23.1 Å². The molecule has 1 aromatic heterocycles. The molecule has 2 heterocycles. The van der Waals surface area contributed by atoms with Crippen molar-refractivity contribution in [2.24, 2.45) is 10.7 Å². The van der Waals surface area contributed by atoms with Crippen LogP contribution in [0.1, 0.15) is 17.4 Å². The van der Waals surface area contributed by atoms with Gasteiger partial charge < -0.3 is 5.73 Å². The molecule has 0 saturated heterocycles. The number of aryl methyl sites for hydroxylation is 1. The summed E-state index contributed by atoms with van der Waals surface area (Å²) in [5.41, 5.74) is 7.40. The highest BCUT2D eigenvalue weighted by Gasteiger charge is 2.43. The lowest BCUT2D eigenvalue weighted by Crippen LogP contribution is -2.36. The zero-order valence-corrected chi connectivity index (χ0v) is 14.0. The van der Waals surface area contributed by atoms with Crippen LogP contribution in [-0.2, 0) is 5.41 Å². The molecule has 22 heavy (non-hydrogen) atoms. The average molecular weight is 325 g/mol. The van der Waals surface area contributed by atoms with E-state index in [1.54, 1.807) is 11.3 Å². The van der Waals surface area contributed by atoms with Crippen molar-refractivity contribution in [1.29, 1.82) is 5.26 Å². The summed E-state index contributed by atoms with van der Waals surface area (Å²) in [6, 6.07) is 14.5. The Balaban J connectivity index is 2.03. The molecule has 1 unspecified atom stereocenters. The molecule has 0 bridgehead atoms. The zero-order chi connectivity index (χ0) is 15.7. The van der Waals surface area contributed by atoms with Gasteiger partial charge in [0.1, 0.15) is 10.9 Å². The van der Waals surface area contributed by atoms with Crippen molar-refractivity contribution in [3.63, 3.8) is 0 Å². The Kier molecular flexibility index (Phi) is 3.81. The normalized spacial score (nSPS) is 20.9. The van der Waals surface area contributed by atoms with E-state index < -0.39 is 5.41 Å². The first kappa shape index (κ1) is 14.9. The standard InChI is InChI=1S/C17H15N3S2/c1-11-5-7-12(8-6-11)22-15-13(10-18)17(2,16(19)20-15)14-4-3-9-21-14/h3-9H,1-2H3,(H2,19,20). The second-order valence-electron chi connectivity index (χ2n) is 5.31. The van der Waals surface area contributed by atoms with Gasteiger partial charge in [-0.05, 0) is 37.4 Å². The van der Waals surface area contributed by atoms with Crippen molar-refractivity contribution in [2.75, 3.05) is 0 Å². The number of thiophene rings is 1. The van der Waals surface area contributed by atoms with Gasteiger partial charge in [0.05, 0.1) is 17.1 Å². The van der Waals surface area contributed by atoms with Crippen molar-refractivity contribution in [3.8, 4) is 6.07 Å². The van der Waals surface area contributed by atoms with E-state index in [9.17, 15) is 5.26 Å². The molecule has 110 valence electrons. The van der Waals surface area contributed by atoms with Crippen molar-refractivity contribution >= 4 is 28.9 Å². The van der Waals surface area contributed by atoms with Gasteiger partial charge in [0.25, 0.3) is 0 Å². The number of aliphatic imine (C=N–C) groups is 1. The summed E-state index contributed by atoms with van der Waals surface area (Å²) in [7, 11) is 0. The van der Waals surface area contributed by atoms with Crippen molar-refractivity contribution in [2.45, 2.75) is 24.2 Å². The highest BCUT2D eigenvalue weighted by molar-refractivity contribution is 8.03. The predicted octanol–water partition coefficient (Wildman–Crippen LogP) is 4.21. The van der Waals surface area contributed by atoms with E-state index in [1.807, 2.05) is 43.5 Å². The minimum absolute atomic E-state index is 0.487. The topological polar surface area (TPSA) is 62.2 Å². The highest BCUT2D eigenvalue weighted by atomic mass is 32.2. The van der Waals surface area contributed by atoms with E-state index in [4.69, 9.17) is 5.73 Å². The van der Waals surface area contributed by atoms with Crippen LogP contribution in [0.25, 0.3) is 0 Å². The molecule has 1 aliphatic heterocycles. The fraction of sp³-hybridized carbons (Fsp3) is 0.176. The number of amidine groups is 1. The fourth-order valence-corrected chi connectivity index (χ4v) is 4.28. The number of nitrogens with zero attached hydrogens (tertiary/aromatic N) is 2. The van der Waals surface area contributed by atoms with Crippen LogP contribution < -0.4 is 5.73 Å². The predicted molar refractivity (Wildman–Crippen MR) is 93.0 cm³/mol. The number of nitrogens with two attached hydrogens (primary N) is 1. The summed E-state index contributed by atoms with van der Waals surface area (Å²) in [6.07, 6.45) is 0. The molecule has 1 aromatic carbocycles. The summed E-state index contributed by atoms with van der Waals surface area (Å²) in [4.78, 5) is 6.59. The van der Waals surface area contributed by atoms with Gasteiger partial charge in [0, 0.05) is 9.77 Å². The van der Waals surface area contributed by atoms with Gasteiger partial charge in [-0.25, -0.2) is 4.99 Å². The Hall–Kier alpha value is -2.03. The minimum atomic E-state index is -0.615. The molecule has 0 fully saturated rings. The third-order valence-corrected chi connectivity index (χ3v) is 5.90. The van der Waals surface area contributed by atoms with Gasteiger partial charge in [-0.3, -0.25) is 0 Å². The van der Waals surface area contributed by atoms with Crippen molar-refractivity contribution in [3.05, 3.63) is 62.8 Å². The Labute approximate surface area is 138 Å². The number of benzene rings is 1. The molecule has 3 nitrogen and oxygen atoms in total. The van der Waals surface area contributed by atoms with E-state index in [0.717, 1.165) is 9.77 Å². The lowest BCUT2D eigenvalue weighted by Gasteiger charge is -2.22. The Morgan fingerprint density at radius 2 is 2.00 bits per heavy atom. The van der Waals surface area contributed by atoms with E-state index in [1.165, 1.54) is 17.3 Å². The second-order valence-corrected chi connectivity index (χ2v) is 7.32. The largest absolute Gasteiger partial charge is 0.386 e. The van der Waals surface area contributed by atoms with Gasteiger partial charge in [0.2, 0.25) is 0 Å². The average Bonchev–Trinajstić information content (AvgIpc) is 3.11. The van der Waals surface area contributed by atoms with Gasteiger partial charge >= 0.3 is 0 Å². The summed E-state index contributed by atoms with van der Waals surface area (Å²) >= 11 is 3.09. The van der Waals surface area contributed by atoms with E-state index in [-0.39, 0.29) is 0 Å². The monoisotopic (exact) mass is 325 g/mol. The molecular formula is C17H15N3S2. The molecule has 0 aliphatic carbocycles. The zero-order valence-electron chi connectivity index (χ0n) is 12.3. The summed E-state index contributed by atoms with van der Waals surface area (Å²) in [6.45, 7) is 4.02. The first-order chi connectivity index (χ1) is 10.6. The Morgan fingerprint density at radius 1 is 1.27 bits per heavy atom. The molecule has 0 radical (unpaired) electrons. The third kappa shape index (κ3) is 2.35. The van der Waals surface area contributed by atoms with Gasteiger partial charge in [-0.1, -0.05) is 35.5 Å². The van der Waals surface area contributed by atoms with Crippen LogP contribution in [0.2, 0.25) is 0 Å². The SMILES string of the molecule is Cc1ccc(SC2=C(C#N)C(C)(c3cccs3)C(N)=N2)cc1. The van der Waals surface area contributed by atoms with Gasteiger partial charge in [-0.2, -0.15) is 5.26 Å². The number of rotatable bonds is 3. The smallest absolute Gasteiger partial charge is 0.118 e. The van der Waals surface area contributed by atoms with Crippen LogP contribution in [0.4, 0.5) is 0 Å². The van der Waals surface area contributed by atoms with Crippen LogP contribution in [0.15, 0.2) is 62.3 Å². The lowest BCUT2D eigenvalue weighted by molar-refractivity contribution is 0.802. The summed E-state index contributed by atoms with van der Waals surface area (Å²) in [5.74, 6) is 0.487. The molecule has 1 atom stereocenters. The number of hydrogen-bond donors (Lipinski definition) is 1. The minimum Gasteiger partial charge on any atom is -0.386 e. The first-order valence-electron chi connectivity index (χ1n) is 6.83. The Morgan fingerprint density at radius 3 is 2.59 bits per heavy atom. The molecule has 1 aliphatic rings. The summed E-state index contributed by atoms with van der Waals surface area (Å²) in [5, 5.41) is 12.4. The lowest BCUT2D eigenvalue weighted by atomic mass is 9.82. The number of thioether (sulfide) groups is 1. The maximum atomic E-state index is 9.67. The number of nitriles is 1. The molecule has 3 rings (SSSR count). The summed E-state index contributed by atoms with van der Waals surface area (Å²) < 4.78 is 0. The van der Waals surface area contributed by atoms with Crippen LogP contribution in [0.5, 0.6) is 0 Å². The van der Waals surface area contributed by atoms with Gasteiger partial charge in [0.15, 0.2) is 0 Å². The molecule has 5 heteroatoms. The third-order valence-electron chi connectivity index (χ3n) is 3.81. The van der Waals surface area contributed by atoms with Crippen LogP contribution in [0.3, 0.4) is 0 Å². The van der Waals surface area contributed by atoms with Crippen molar-refractivity contribution in [1.82, 2.24) is 0 Å². The van der Waals surface area contributed by atoms with E-state index in [0.29, 0.717) is 16.4 Å². The van der Waals surface area contributed by atoms with Crippen LogP contribution in [-0.4, -0.2) is 5.84 Å². The van der Waals surface area contributed by atoms with Crippen LogP contribution in [0, 0.1) is 18.3 Å². The quantitative estimate of drug-likeness (QED) is 0.919.